The molecule has 0 bridgehead atoms. The van der Waals surface area contributed by atoms with E-state index in [9.17, 15) is 4.79 Å². The van der Waals surface area contributed by atoms with Crippen LogP contribution in [0.3, 0.4) is 0 Å². The Labute approximate surface area is 177 Å². The zero-order valence-corrected chi connectivity index (χ0v) is 16.4. The van der Waals surface area contributed by atoms with Gasteiger partial charge in [0.25, 0.3) is 5.91 Å². The van der Waals surface area contributed by atoms with E-state index in [-0.39, 0.29) is 5.91 Å². The summed E-state index contributed by atoms with van der Waals surface area (Å²) < 4.78 is 0. The number of pyridine rings is 1. The highest BCUT2D eigenvalue weighted by Crippen LogP contribution is 2.31. The van der Waals surface area contributed by atoms with E-state index < -0.39 is 0 Å². The van der Waals surface area contributed by atoms with Crippen molar-refractivity contribution in [3.8, 4) is 0 Å². The minimum absolute atomic E-state index is 0.260. The molecule has 0 spiro atoms. The normalized spacial score (nSPS) is 15.1. The molecule has 2 aromatic heterocycles. The first-order valence-electron chi connectivity index (χ1n) is 9.21. The number of halogens is 1. The fourth-order valence-electron chi connectivity index (χ4n) is 3.31. The van der Waals surface area contributed by atoms with Gasteiger partial charge in [-0.05, 0) is 35.9 Å². The molecule has 1 amide bonds. The van der Waals surface area contributed by atoms with Crippen molar-refractivity contribution < 1.29 is 4.79 Å². The molecule has 4 aromatic rings. The number of benzene rings is 2. The second-order valence-corrected chi connectivity index (χ2v) is 7.04. The number of fused-ring (bicyclic) bond motifs is 1. The Morgan fingerprint density at radius 3 is 2.53 bits per heavy atom. The van der Waals surface area contributed by atoms with E-state index in [0.29, 0.717) is 33.5 Å². The van der Waals surface area contributed by atoms with Gasteiger partial charge in [-0.1, -0.05) is 41.9 Å². The summed E-state index contributed by atoms with van der Waals surface area (Å²) >= 11 is 5.97. The highest BCUT2D eigenvalue weighted by atomic mass is 35.5. The third-order valence-corrected chi connectivity index (χ3v) is 4.93. The lowest BCUT2D eigenvalue weighted by atomic mass is 10.1. The van der Waals surface area contributed by atoms with Crippen LogP contribution in [0.4, 0.5) is 5.69 Å². The predicted molar refractivity (Wildman–Crippen MR) is 117 cm³/mol. The monoisotopic (exact) mass is 411 g/mol. The predicted octanol–water partition coefficient (Wildman–Crippen LogP) is 4.51. The van der Waals surface area contributed by atoms with Crippen LogP contribution in [0.25, 0.3) is 17.0 Å². The minimum Gasteiger partial charge on any atom is -0.266 e. The molecule has 7 heteroatoms. The molecule has 0 aliphatic carbocycles. The van der Waals surface area contributed by atoms with Crippen molar-refractivity contribution in [2.75, 3.05) is 4.90 Å². The molecule has 1 aliphatic rings. The summed E-state index contributed by atoms with van der Waals surface area (Å²) in [5, 5.41) is 1.55. The van der Waals surface area contributed by atoms with Gasteiger partial charge in [-0.3, -0.25) is 19.7 Å². The Kier molecular flexibility index (Phi) is 4.53. The number of hydrogen-bond acceptors (Lipinski definition) is 5. The number of aliphatic imine (C=N–C) groups is 1. The van der Waals surface area contributed by atoms with Gasteiger partial charge >= 0.3 is 0 Å². The van der Waals surface area contributed by atoms with Crippen molar-refractivity contribution >= 4 is 46.0 Å². The number of hydrogen-bond donors (Lipinski definition) is 0. The van der Waals surface area contributed by atoms with E-state index in [4.69, 9.17) is 11.6 Å². The van der Waals surface area contributed by atoms with Crippen LogP contribution in [0.2, 0.25) is 5.02 Å². The summed E-state index contributed by atoms with van der Waals surface area (Å²) in [6.45, 7) is 0. The fraction of sp³-hybridized carbons (Fsp3) is 0. The number of amidine groups is 1. The van der Waals surface area contributed by atoms with Crippen molar-refractivity contribution in [3.63, 3.8) is 0 Å². The van der Waals surface area contributed by atoms with E-state index in [2.05, 4.69) is 19.9 Å². The van der Waals surface area contributed by atoms with Gasteiger partial charge in [-0.15, -0.1) is 0 Å². The lowest BCUT2D eigenvalue weighted by Crippen LogP contribution is -2.33. The van der Waals surface area contributed by atoms with Crippen molar-refractivity contribution in [2.24, 2.45) is 4.99 Å². The Morgan fingerprint density at radius 2 is 1.73 bits per heavy atom. The molecule has 30 heavy (non-hydrogen) atoms. The molecule has 0 saturated carbocycles. The maximum atomic E-state index is 13.4. The van der Waals surface area contributed by atoms with Crippen molar-refractivity contribution in [2.45, 2.75) is 0 Å². The molecular formula is C23H14ClN5O. The van der Waals surface area contributed by atoms with Crippen LogP contribution in [0.5, 0.6) is 0 Å². The average Bonchev–Trinajstić information content (AvgIpc) is 3.11. The molecule has 0 atom stereocenters. The summed E-state index contributed by atoms with van der Waals surface area (Å²) in [6.07, 6.45) is 8.17. The second kappa shape index (κ2) is 7.50. The molecular weight excluding hydrogens is 398 g/mol. The molecule has 6 nitrogen and oxygen atoms in total. The Morgan fingerprint density at radius 1 is 0.900 bits per heavy atom. The van der Waals surface area contributed by atoms with Gasteiger partial charge < -0.3 is 0 Å². The van der Waals surface area contributed by atoms with Gasteiger partial charge in [0, 0.05) is 29.0 Å². The van der Waals surface area contributed by atoms with Crippen LogP contribution in [0.15, 0.2) is 90.1 Å². The highest BCUT2D eigenvalue weighted by Gasteiger charge is 2.34. The standard InChI is InChI=1S/C23H14ClN5O/c24-17-8-6-15(7-9-17)13-18-23(30)29(22(28-18)19-14-25-11-12-26-19)20-5-1-3-16-4-2-10-27-21(16)20/h1-14H/b18-13+. The van der Waals surface area contributed by atoms with E-state index in [1.54, 1.807) is 47.9 Å². The summed E-state index contributed by atoms with van der Waals surface area (Å²) in [5.74, 6) is 0.148. The van der Waals surface area contributed by atoms with Crippen molar-refractivity contribution in [1.29, 1.82) is 0 Å². The average molecular weight is 412 g/mol. The van der Waals surface area contributed by atoms with Crippen LogP contribution >= 0.6 is 11.6 Å². The molecule has 0 N–H and O–H groups in total. The number of carbonyl (C=O) groups is 1. The van der Waals surface area contributed by atoms with Gasteiger partial charge in [0.1, 0.15) is 11.4 Å². The maximum Gasteiger partial charge on any atom is 0.282 e. The first-order valence-corrected chi connectivity index (χ1v) is 9.59. The molecule has 3 heterocycles. The zero-order chi connectivity index (χ0) is 20.5. The van der Waals surface area contributed by atoms with Gasteiger partial charge in [-0.2, -0.15) is 0 Å². The topological polar surface area (TPSA) is 71.3 Å². The van der Waals surface area contributed by atoms with Crippen LogP contribution < -0.4 is 4.90 Å². The number of anilines is 1. The lowest BCUT2D eigenvalue weighted by molar-refractivity contribution is -0.113. The second-order valence-electron chi connectivity index (χ2n) is 6.60. The lowest BCUT2D eigenvalue weighted by Gasteiger charge is -2.19. The number of amides is 1. The number of aromatic nitrogens is 3. The quantitative estimate of drug-likeness (QED) is 0.465. The molecule has 0 fully saturated rings. The summed E-state index contributed by atoms with van der Waals surface area (Å²) in [6, 6.07) is 16.7. The van der Waals surface area contributed by atoms with E-state index in [0.717, 1.165) is 10.9 Å². The van der Waals surface area contributed by atoms with E-state index >= 15 is 0 Å². The molecule has 0 saturated heterocycles. The van der Waals surface area contributed by atoms with Crippen LogP contribution in [0, 0.1) is 0 Å². The molecule has 144 valence electrons. The Bertz CT molecular complexity index is 1310. The zero-order valence-electron chi connectivity index (χ0n) is 15.6. The third kappa shape index (κ3) is 3.23. The van der Waals surface area contributed by atoms with Crippen LogP contribution in [-0.2, 0) is 4.79 Å². The number of carbonyl (C=O) groups excluding carboxylic acids is 1. The Hall–Kier alpha value is -3.90. The van der Waals surface area contributed by atoms with Crippen molar-refractivity contribution in [1.82, 2.24) is 15.0 Å². The molecule has 2 aromatic carbocycles. The first-order chi connectivity index (χ1) is 14.7. The van der Waals surface area contributed by atoms with Crippen LogP contribution in [-0.4, -0.2) is 26.7 Å². The number of rotatable bonds is 3. The molecule has 0 radical (unpaired) electrons. The Balaban J connectivity index is 1.68. The van der Waals surface area contributed by atoms with Gasteiger partial charge in [0.15, 0.2) is 5.84 Å². The SMILES string of the molecule is O=C1/C(=C\c2ccc(Cl)cc2)N=C(c2cnccn2)N1c1cccc2cccnc12. The smallest absolute Gasteiger partial charge is 0.266 e. The van der Waals surface area contributed by atoms with Gasteiger partial charge in [0.2, 0.25) is 0 Å². The highest BCUT2D eigenvalue weighted by molar-refractivity contribution is 6.34. The fourth-order valence-corrected chi connectivity index (χ4v) is 3.44. The van der Waals surface area contributed by atoms with Gasteiger partial charge in [-0.25, -0.2) is 9.98 Å². The molecule has 0 unspecified atom stereocenters. The maximum absolute atomic E-state index is 13.4. The number of nitrogens with zero attached hydrogens (tertiary/aromatic N) is 5. The first kappa shape index (κ1) is 18.1. The summed E-state index contributed by atoms with van der Waals surface area (Å²) in [4.78, 5) is 32.6. The van der Waals surface area contributed by atoms with E-state index in [1.165, 1.54) is 0 Å². The van der Waals surface area contributed by atoms with Crippen LogP contribution in [0.1, 0.15) is 11.3 Å². The van der Waals surface area contributed by atoms with Gasteiger partial charge in [0.05, 0.1) is 17.4 Å². The van der Waals surface area contributed by atoms with Crippen molar-refractivity contribution in [3.05, 3.63) is 101 Å². The van der Waals surface area contributed by atoms with E-state index in [1.807, 2.05) is 42.5 Å². The molecule has 1 aliphatic heterocycles. The largest absolute Gasteiger partial charge is 0.282 e. The summed E-state index contributed by atoms with van der Waals surface area (Å²) in [5.41, 5.74) is 2.96. The number of para-hydroxylation sites is 1. The molecule has 5 rings (SSSR count). The minimum atomic E-state index is -0.260. The summed E-state index contributed by atoms with van der Waals surface area (Å²) in [7, 11) is 0. The third-order valence-electron chi connectivity index (χ3n) is 4.68.